The van der Waals surface area contributed by atoms with Crippen LogP contribution in [-0.4, -0.2) is 6.71 Å². The molecule has 0 atom stereocenters. The maximum absolute atomic E-state index is 2.55. The minimum atomic E-state index is -0.268. The van der Waals surface area contributed by atoms with Gasteiger partial charge in [-0.1, -0.05) is 154 Å². The first kappa shape index (κ1) is 36.0. The summed E-state index contributed by atoms with van der Waals surface area (Å²) >= 11 is 0. The molecule has 0 fully saturated rings. The van der Waals surface area contributed by atoms with E-state index in [1.165, 1.54) is 67.0 Å². The molecule has 0 N–H and O–H groups in total. The second-order valence-corrected chi connectivity index (χ2v) is 19.2. The Kier molecular flexibility index (Phi) is 8.34. The number of fused-ring (bicyclic) bond motifs is 4. The maximum Gasteiger partial charge on any atom is 0.247 e. The van der Waals surface area contributed by atoms with Gasteiger partial charge < -0.3 is 9.80 Å². The van der Waals surface area contributed by atoms with E-state index in [1.54, 1.807) is 0 Å². The summed E-state index contributed by atoms with van der Waals surface area (Å²) in [6.45, 7) is 26.1. The molecular weight excluding hydrogens is 651 g/mol. The van der Waals surface area contributed by atoms with E-state index >= 15 is 0 Å². The van der Waals surface area contributed by atoms with E-state index in [1.807, 2.05) is 0 Å². The second kappa shape index (κ2) is 12.5. The quantitative estimate of drug-likeness (QED) is 0.168. The molecular formula is C51H55BN2. The number of benzene rings is 6. The van der Waals surface area contributed by atoms with Crippen LogP contribution in [0.5, 0.6) is 0 Å². The molecule has 0 aliphatic carbocycles. The first-order chi connectivity index (χ1) is 25.5. The molecule has 0 aromatic heterocycles. The zero-order valence-electron chi connectivity index (χ0n) is 34.2. The number of hydrogen-bond donors (Lipinski definition) is 0. The second-order valence-electron chi connectivity index (χ2n) is 19.2. The molecule has 3 heteroatoms. The standard InChI is InChI=1S/C51H55BN2/c1-48(2,3)34-22-25-38(26-23-34)54-44-30-24-35(49(4,5)6)32-43(44)52-42-29-27-39(53(36-18-14-12-15-19-36)37-20-16-13-17-21-37)33-41(42)51(10,11)46-40(50(7,8)9)28-31-45(54)47(46)52/h12-33H,1-11H3. The average molecular weight is 707 g/mol. The summed E-state index contributed by atoms with van der Waals surface area (Å²) in [7, 11) is 0. The number of rotatable bonds is 4. The molecule has 2 aliphatic rings. The molecule has 0 amide bonds. The van der Waals surface area contributed by atoms with Crippen molar-refractivity contribution < 1.29 is 0 Å². The summed E-state index contributed by atoms with van der Waals surface area (Å²) < 4.78 is 0. The van der Waals surface area contributed by atoms with Crippen molar-refractivity contribution in [1.29, 1.82) is 0 Å². The van der Waals surface area contributed by atoms with Crippen molar-refractivity contribution in [2.45, 2.75) is 97.8 Å². The van der Waals surface area contributed by atoms with Crippen LogP contribution in [-0.2, 0) is 21.7 Å². The lowest BCUT2D eigenvalue weighted by molar-refractivity contribution is 0.552. The normalized spacial score (nSPS) is 14.6. The van der Waals surface area contributed by atoms with E-state index in [0.29, 0.717) is 0 Å². The highest BCUT2D eigenvalue weighted by Gasteiger charge is 2.48. The van der Waals surface area contributed by atoms with Crippen LogP contribution < -0.4 is 26.2 Å². The highest BCUT2D eigenvalue weighted by Crippen LogP contribution is 2.47. The van der Waals surface area contributed by atoms with Gasteiger partial charge in [-0.25, -0.2) is 0 Å². The van der Waals surface area contributed by atoms with Gasteiger partial charge >= 0.3 is 0 Å². The van der Waals surface area contributed by atoms with Crippen LogP contribution in [0, 0.1) is 0 Å². The van der Waals surface area contributed by atoms with Crippen LogP contribution in [0.3, 0.4) is 0 Å². The van der Waals surface area contributed by atoms with Gasteiger partial charge in [-0.2, -0.15) is 0 Å². The largest absolute Gasteiger partial charge is 0.312 e. The third-order valence-electron chi connectivity index (χ3n) is 11.9. The van der Waals surface area contributed by atoms with E-state index in [4.69, 9.17) is 0 Å². The Morgan fingerprint density at radius 1 is 0.500 bits per heavy atom. The van der Waals surface area contributed by atoms with E-state index in [2.05, 4.69) is 219 Å². The molecule has 8 rings (SSSR count). The fourth-order valence-corrected chi connectivity index (χ4v) is 9.06. The van der Waals surface area contributed by atoms with E-state index < -0.39 is 0 Å². The molecule has 0 saturated heterocycles. The maximum atomic E-state index is 2.55. The van der Waals surface area contributed by atoms with Gasteiger partial charge in [0, 0.05) is 39.5 Å². The molecule has 6 aromatic rings. The Hall–Kier alpha value is -5.02. The number of nitrogens with zero attached hydrogens (tertiary/aromatic N) is 2. The summed E-state index contributed by atoms with van der Waals surface area (Å²) in [5.74, 6) is 0. The molecule has 2 heterocycles. The minimum Gasteiger partial charge on any atom is -0.312 e. The Bertz CT molecular complexity index is 2310. The van der Waals surface area contributed by atoms with Gasteiger partial charge in [0.25, 0.3) is 0 Å². The van der Waals surface area contributed by atoms with Crippen LogP contribution in [0.25, 0.3) is 0 Å². The average Bonchev–Trinajstić information content (AvgIpc) is 3.13. The van der Waals surface area contributed by atoms with Crippen molar-refractivity contribution >= 4 is 57.2 Å². The van der Waals surface area contributed by atoms with Gasteiger partial charge in [0.2, 0.25) is 6.71 Å². The lowest BCUT2D eigenvalue weighted by Crippen LogP contribution is -2.64. The summed E-state index contributed by atoms with van der Waals surface area (Å²) in [6.07, 6.45) is 0. The van der Waals surface area contributed by atoms with Gasteiger partial charge in [-0.3, -0.25) is 0 Å². The number of anilines is 6. The van der Waals surface area contributed by atoms with Crippen molar-refractivity contribution in [2.75, 3.05) is 9.80 Å². The van der Waals surface area contributed by atoms with Crippen LogP contribution in [0.2, 0.25) is 0 Å². The molecule has 0 bridgehead atoms. The van der Waals surface area contributed by atoms with Crippen LogP contribution in [0.15, 0.2) is 133 Å². The lowest BCUT2D eigenvalue weighted by Gasteiger charge is -2.48. The Morgan fingerprint density at radius 2 is 1.06 bits per heavy atom. The summed E-state index contributed by atoms with van der Waals surface area (Å²) in [5, 5.41) is 0. The predicted octanol–water partition coefficient (Wildman–Crippen LogP) is 12.0. The molecule has 6 aromatic carbocycles. The molecule has 2 aliphatic heterocycles. The summed E-state index contributed by atoms with van der Waals surface area (Å²) in [4.78, 5) is 4.96. The molecule has 0 unspecified atom stereocenters. The van der Waals surface area contributed by atoms with Gasteiger partial charge in [0.05, 0.1) is 0 Å². The highest BCUT2D eigenvalue weighted by atomic mass is 15.2. The first-order valence-electron chi connectivity index (χ1n) is 19.7. The Balaban J connectivity index is 1.43. The van der Waals surface area contributed by atoms with Crippen molar-refractivity contribution in [2.24, 2.45) is 0 Å². The van der Waals surface area contributed by atoms with Crippen molar-refractivity contribution in [3.05, 3.63) is 161 Å². The summed E-state index contributed by atoms with van der Waals surface area (Å²) in [6, 6.07) is 50.4. The molecule has 272 valence electrons. The minimum absolute atomic E-state index is 0.0110. The molecule has 0 radical (unpaired) electrons. The van der Waals surface area contributed by atoms with Crippen LogP contribution >= 0.6 is 0 Å². The van der Waals surface area contributed by atoms with Gasteiger partial charge in [0.1, 0.15) is 0 Å². The van der Waals surface area contributed by atoms with Crippen molar-refractivity contribution in [3.8, 4) is 0 Å². The molecule has 54 heavy (non-hydrogen) atoms. The SMILES string of the molecule is CC(C)(C)c1ccc(N2c3ccc(C(C)(C)C)cc3B3c4ccc(N(c5ccccc5)c5ccccc5)cc4C(C)(C)c4c(C(C)(C)C)ccc2c43)cc1. The fourth-order valence-electron chi connectivity index (χ4n) is 9.06. The van der Waals surface area contributed by atoms with E-state index in [0.717, 1.165) is 11.4 Å². The smallest absolute Gasteiger partial charge is 0.247 e. The van der Waals surface area contributed by atoms with Gasteiger partial charge in [-0.05, 0) is 116 Å². The number of hydrogen-bond acceptors (Lipinski definition) is 2. The topological polar surface area (TPSA) is 6.48 Å². The molecule has 0 spiro atoms. The van der Waals surface area contributed by atoms with E-state index in [9.17, 15) is 0 Å². The predicted molar refractivity (Wildman–Crippen MR) is 235 cm³/mol. The Labute approximate surface area is 325 Å². The van der Waals surface area contributed by atoms with Gasteiger partial charge in [-0.15, -0.1) is 0 Å². The highest BCUT2D eigenvalue weighted by molar-refractivity contribution is 6.99. The Morgan fingerprint density at radius 3 is 1.61 bits per heavy atom. The number of para-hydroxylation sites is 2. The monoisotopic (exact) mass is 706 g/mol. The van der Waals surface area contributed by atoms with Crippen LogP contribution in [0.4, 0.5) is 34.1 Å². The molecule has 0 saturated carbocycles. The third-order valence-corrected chi connectivity index (χ3v) is 11.9. The van der Waals surface area contributed by atoms with Crippen LogP contribution in [0.1, 0.15) is 104 Å². The summed E-state index contributed by atoms with van der Waals surface area (Å²) in [5.41, 5.74) is 18.3. The van der Waals surface area contributed by atoms with Gasteiger partial charge in [0.15, 0.2) is 0 Å². The van der Waals surface area contributed by atoms with E-state index in [-0.39, 0.29) is 28.4 Å². The molecule has 2 nitrogen and oxygen atoms in total. The fraction of sp³-hybridized carbons (Fsp3) is 0.294. The van der Waals surface area contributed by atoms with Crippen molar-refractivity contribution in [1.82, 2.24) is 0 Å². The van der Waals surface area contributed by atoms with Crippen molar-refractivity contribution in [3.63, 3.8) is 0 Å². The zero-order valence-corrected chi connectivity index (χ0v) is 34.2. The zero-order chi connectivity index (χ0) is 38.4. The lowest BCUT2D eigenvalue weighted by atomic mass is 9.29. The third kappa shape index (κ3) is 5.88. The first-order valence-corrected chi connectivity index (χ1v) is 19.7.